The first kappa shape index (κ1) is 15.9. The van der Waals surface area contributed by atoms with Crippen LogP contribution < -0.4 is 10.1 Å². The molecule has 110 valence electrons. The number of nitrogens with one attached hydrogen (secondary N) is 1. The van der Waals surface area contributed by atoms with E-state index in [1.54, 1.807) is 25.1 Å². The van der Waals surface area contributed by atoms with Crippen LogP contribution in [0.15, 0.2) is 51.4 Å². The van der Waals surface area contributed by atoms with Gasteiger partial charge < -0.3 is 15.2 Å². The van der Waals surface area contributed by atoms with Crippen LogP contribution in [0.4, 0.5) is 5.69 Å². The number of phenolic OH excluding ortho intramolecular Hbond substituents is 1. The molecule has 0 saturated carbocycles. The number of ether oxygens (including phenoxy) is 1. The summed E-state index contributed by atoms with van der Waals surface area (Å²) in [6, 6.07) is 11.8. The Labute approximate surface area is 139 Å². The summed E-state index contributed by atoms with van der Waals surface area (Å²) in [4.78, 5) is 12.1. The predicted octanol–water partition coefficient (Wildman–Crippen LogP) is 4.32. The first-order valence-electron chi connectivity index (χ1n) is 6.17. The lowest BCUT2D eigenvalue weighted by molar-refractivity contribution is -0.122. The second kappa shape index (κ2) is 6.95. The largest absolute Gasteiger partial charge is 0.508 e. The zero-order valence-electron chi connectivity index (χ0n) is 11.1. The number of rotatable bonds is 4. The maximum Gasteiger partial charge on any atom is 0.265 e. The fourth-order valence-corrected chi connectivity index (χ4v) is 2.78. The van der Waals surface area contributed by atoms with E-state index in [0.29, 0.717) is 11.4 Å². The number of hydrogen-bond acceptors (Lipinski definition) is 3. The first-order valence-corrected chi connectivity index (χ1v) is 7.76. The molecule has 0 radical (unpaired) electrons. The molecule has 4 nitrogen and oxygen atoms in total. The molecular weight excluding hydrogens is 402 g/mol. The summed E-state index contributed by atoms with van der Waals surface area (Å²) in [6.07, 6.45) is -0.676. The molecule has 0 unspecified atom stereocenters. The third-order valence-electron chi connectivity index (χ3n) is 2.68. The fraction of sp³-hybridized carbons (Fsp3) is 0.133. The summed E-state index contributed by atoms with van der Waals surface area (Å²) in [5.41, 5.74) is 0.519. The van der Waals surface area contributed by atoms with Crippen molar-refractivity contribution in [2.75, 3.05) is 5.32 Å². The Morgan fingerprint density at radius 1 is 1.24 bits per heavy atom. The quantitative estimate of drug-likeness (QED) is 0.782. The van der Waals surface area contributed by atoms with E-state index in [-0.39, 0.29) is 11.7 Å². The normalized spacial score (nSPS) is 11.8. The van der Waals surface area contributed by atoms with Gasteiger partial charge >= 0.3 is 0 Å². The standard InChI is InChI=1S/C15H13Br2NO3/c1-9(21-14-6-5-10(16)7-13(14)17)15(20)18-11-3-2-4-12(19)8-11/h2-9,19H,1H3,(H,18,20)/t9-/m1/s1. The van der Waals surface area contributed by atoms with Crippen LogP contribution in [-0.2, 0) is 4.79 Å². The summed E-state index contributed by atoms with van der Waals surface area (Å²) in [5.74, 6) is 0.379. The topological polar surface area (TPSA) is 58.6 Å². The van der Waals surface area contributed by atoms with E-state index in [1.165, 1.54) is 12.1 Å². The number of halogens is 2. The van der Waals surface area contributed by atoms with Gasteiger partial charge in [-0.1, -0.05) is 22.0 Å². The van der Waals surface area contributed by atoms with Gasteiger partial charge in [0.1, 0.15) is 11.5 Å². The molecular formula is C15H13Br2NO3. The molecule has 0 fully saturated rings. The molecule has 1 atom stereocenters. The summed E-state index contributed by atoms with van der Waals surface area (Å²) in [7, 11) is 0. The van der Waals surface area contributed by atoms with Crippen LogP contribution in [0.5, 0.6) is 11.5 Å². The maximum absolute atomic E-state index is 12.1. The Morgan fingerprint density at radius 2 is 2.00 bits per heavy atom. The Morgan fingerprint density at radius 3 is 2.67 bits per heavy atom. The van der Waals surface area contributed by atoms with Crippen molar-refractivity contribution in [3.63, 3.8) is 0 Å². The Bertz CT molecular complexity index is 661. The minimum Gasteiger partial charge on any atom is -0.508 e. The number of aromatic hydroxyl groups is 1. The summed E-state index contributed by atoms with van der Waals surface area (Å²) in [6.45, 7) is 1.66. The molecule has 0 saturated heterocycles. The van der Waals surface area contributed by atoms with Crippen molar-refractivity contribution in [2.24, 2.45) is 0 Å². The number of anilines is 1. The van der Waals surface area contributed by atoms with Crippen molar-refractivity contribution in [1.29, 1.82) is 0 Å². The molecule has 2 N–H and O–H groups in total. The minimum absolute atomic E-state index is 0.0945. The molecule has 0 heterocycles. The van der Waals surface area contributed by atoms with E-state index >= 15 is 0 Å². The zero-order chi connectivity index (χ0) is 15.4. The summed E-state index contributed by atoms with van der Waals surface area (Å²) < 4.78 is 7.30. The molecule has 0 spiro atoms. The second-order valence-corrected chi connectivity index (χ2v) is 6.14. The van der Waals surface area contributed by atoms with Gasteiger partial charge in [0.25, 0.3) is 5.91 Å². The van der Waals surface area contributed by atoms with Gasteiger partial charge in [0.2, 0.25) is 0 Å². The van der Waals surface area contributed by atoms with Crippen LogP contribution in [0.3, 0.4) is 0 Å². The van der Waals surface area contributed by atoms with E-state index in [1.807, 2.05) is 12.1 Å². The summed E-state index contributed by atoms with van der Waals surface area (Å²) in [5, 5.41) is 12.1. The highest BCUT2D eigenvalue weighted by atomic mass is 79.9. The molecule has 1 amide bonds. The zero-order valence-corrected chi connectivity index (χ0v) is 14.3. The molecule has 21 heavy (non-hydrogen) atoms. The monoisotopic (exact) mass is 413 g/mol. The van der Waals surface area contributed by atoms with Crippen LogP contribution in [-0.4, -0.2) is 17.1 Å². The third-order valence-corrected chi connectivity index (χ3v) is 3.79. The van der Waals surface area contributed by atoms with E-state index in [9.17, 15) is 9.90 Å². The average molecular weight is 415 g/mol. The minimum atomic E-state index is -0.676. The first-order chi connectivity index (χ1) is 9.95. The predicted molar refractivity (Wildman–Crippen MR) is 88.7 cm³/mol. The molecule has 0 aliphatic rings. The van der Waals surface area contributed by atoms with Crippen LogP contribution in [0.1, 0.15) is 6.92 Å². The molecule has 2 rings (SSSR count). The van der Waals surface area contributed by atoms with E-state index in [4.69, 9.17) is 4.74 Å². The van der Waals surface area contributed by atoms with Gasteiger partial charge in [-0.15, -0.1) is 0 Å². The molecule has 0 aromatic heterocycles. The van der Waals surface area contributed by atoms with Gasteiger partial charge in [-0.05, 0) is 53.2 Å². The molecule has 6 heteroatoms. The van der Waals surface area contributed by atoms with Gasteiger partial charge in [0.05, 0.1) is 4.47 Å². The van der Waals surface area contributed by atoms with Crippen LogP contribution in [0, 0.1) is 0 Å². The van der Waals surface area contributed by atoms with Gasteiger partial charge in [-0.3, -0.25) is 4.79 Å². The highest BCUT2D eigenvalue weighted by Crippen LogP contribution is 2.29. The molecule has 0 aliphatic carbocycles. The molecule has 0 bridgehead atoms. The smallest absolute Gasteiger partial charge is 0.265 e. The molecule has 2 aromatic rings. The van der Waals surface area contributed by atoms with Crippen LogP contribution in [0.25, 0.3) is 0 Å². The van der Waals surface area contributed by atoms with Crippen molar-refractivity contribution < 1.29 is 14.6 Å². The number of phenols is 1. The molecule has 2 aromatic carbocycles. The average Bonchev–Trinajstić information content (AvgIpc) is 2.41. The fourth-order valence-electron chi connectivity index (χ4n) is 1.64. The van der Waals surface area contributed by atoms with E-state index in [2.05, 4.69) is 37.2 Å². The van der Waals surface area contributed by atoms with Crippen molar-refractivity contribution in [3.05, 3.63) is 51.4 Å². The highest BCUT2D eigenvalue weighted by molar-refractivity contribution is 9.11. The second-order valence-electron chi connectivity index (χ2n) is 4.37. The molecule has 0 aliphatic heterocycles. The third kappa shape index (κ3) is 4.47. The van der Waals surface area contributed by atoms with E-state index < -0.39 is 6.10 Å². The number of benzene rings is 2. The lowest BCUT2D eigenvalue weighted by Gasteiger charge is -2.16. The van der Waals surface area contributed by atoms with Crippen LogP contribution in [0.2, 0.25) is 0 Å². The van der Waals surface area contributed by atoms with Crippen LogP contribution >= 0.6 is 31.9 Å². The number of carbonyl (C=O) groups is 1. The Balaban J connectivity index is 2.02. The maximum atomic E-state index is 12.1. The lowest BCUT2D eigenvalue weighted by Crippen LogP contribution is -2.30. The highest BCUT2D eigenvalue weighted by Gasteiger charge is 2.16. The van der Waals surface area contributed by atoms with Gasteiger partial charge in [0, 0.05) is 16.2 Å². The number of carbonyl (C=O) groups excluding carboxylic acids is 1. The van der Waals surface area contributed by atoms with Gasteiger partial charge in [-0.25, -0.2) is 0 Å². The van der Waals surface area contributed by atoms with Gasteiger partial charge in [-0.2, -0.15) is 0 Å². The Hall–Kier alpha value is -1.53. The lowest BCUT2D eigenvalue weighted by atomic mass is 10.2. The van der Waals surface area contributed by atoms with E-state index in [0.717, 1.165) is 8.95 Å². The van der Waals surface area contributed by atoms with Crippen molar-refractivity contribution >= 4 is 43.5 Å². The van der Waals surface area contributed by atoms with Crippen molar-refractivity contribution in [3.8, 4) is 11.5 Å². The SMILES string of the molecule is C[C@@H](Oc1ccc(Br)cc1Br)C(=O)Nc1cccc(O)c1. The van der Waals surface area contributed by atoms with Crippen molar-refractivity contribution in [2.45, 2.75) is 13.0 Å². The van der Waals surface area contributed by atoms with Gasteiger partial charge in [0.15, 0.2) is 6.10 Å². The van der Waals surface area contributed by atoms with Crippen molar-refractivity contribution in [1.82, 2.24) is 0 Å². The number of amides is 1. The number of hydrogen-bond donors (Lipinski definition) is 2. The Kier molecular flexibility index (Phi) is 5.25. The summed E-state index contributed by atoms with van der Waals surface area (Å²) >= 11 is 6.74.